The summed E-state index contributed by atoms with van der Waals surface area (Å²) in [6, 6.07) is 21.7. The lowest BCUT2D eigenvalue weighted by Crippen LogP contribution is -2.05. The van der Waals surface area contributed by atoms with E-state index in [1.165, 1.54) is 33.0 Å². The van der Waals surface area contributed by atoms with Gasteiger partial charge in [0.15, 0.2) is 0 Å². The van der Waals surface area contributed by atoms with Gasteiger partial charge in [0.25, 0.3) is 0 Å². The highest BCUT2D eigenvalue weighted by atomic mass is 14.9. The predicted octanol–water partition coefficient (Wildman–Crippen LogP) is 6.33. The second-order valence-electron chi connectivity index (χ2n) is 6.37. The summed E-state index contributed by atoms with van der Waals surface area (Å²) in [5.41, 5.74) is 7.28. The molecule has 0 radical (unpaired) electrons. The molecule has 3 aromatic carbocycles. The summed E-state index contributed by atoms with van der Waals surface area (Å²) < 4.78 is 0. The Bertz CT molecular complexity index is 1090. The fourth-order valence-electron chi connectivity index (χ4n) is 3.54. The van der Waals surface area contributed by atoms with Crippen LogP contribution in [-0.4, -0.2) is 0 Å². The van der Waals surface area contributed by atoms with Crippen molar-refractivity contribution < 1.29 is 0 Å². The average Bonchev–Trinajstić information content (AvgIpc) is 3.21. The van der Waals surface area contributed by atoms with Crippen molar-refractivity contribution in [3.05, 3.63) is 108 Å². The van der Waals surface area contributed by atoms with E-state index < -0.39 is 0 Å². The van der Waals surface area contributed by atoms with Crippen LogP contribution in [0.5, 0.6) is 0 Å². The third-order valence-electron chi connectivity index (χ3n) is 4.82. The van der Waals surface area contributed by atoms with E-state index in [-0.39, 0.29) is 0 Å². The van der Waals surface area contributed by atoms with Gasteiger partial charge in [-0.15, -0.1) is 0 Å². The van der Waals surface area contributed by atoms with Gasteiger partial charge in [-0.05, 0) is 51.2 Å². The van der Waals surface area contributed by atoms with Gasteiger partial charge < -0.3 is 5.32 Å². The Labute approximate surface area is 147 Å². The summed E-state index contributed by atoms with van der Waals surface area (Å²) >= 11 is 0. The Morgan fingerprint density at radius 1 is 0.680 bits per heavy atom. The number of nitrogens with one attached hydrogen (secondary N) is 1. The molecule has 5 rings (SSSR count). The maximum absolute atomic E-state index is 3.55. The molecule has 0 bridgehead atoms. The van der Waals surface area contributed by atoms with Gasteiger partial charge in [-0.1, -0.05) is 78.9 Å². The number of anilines is 1. The molecule has 25 heavy (non-hydrogen) atoms. The first-order chi connectivity index (χ1) is 12.4. The Balaban J connectivity index is 1.60. The SMILES string of the molecule is C1=CC(=C2C=Cc3cc(-c4cccc5ccccc45)ccc3N2)C=C1. The number of hydrogen-bond donors (Lipinski definition) is 1. The number of benzene rings is 3. The average molecular weight is 319 g/mol. The quantitative estimate of drug-likeness (QED) is 0.553. The second-order valence-corrected chi connectivity index (χ2v) is 6.37. The molecule has 0 saturated carbocycles. The van der Waals surface area contributed by atoms with Gasteiger partial charge in [0.05, 0.1) is 0 Å². The lowest BCUT2D eigenvalue weighted by Gasteiger charge is -2.18. The van der Waals surface area contributed by atoms with E-state index in [1.807, 2.05) is 0 Å². The van der Waals surface area contributed by atoms with Crippen molar-refractivity contribution in [2.24, 2.45) is 0 Å². The third-order valence-corrected chi connectivity index (χ3v) is 4.82. The summed E-state index contributed by atoms with van der Waals surface area (Å²) in [5, 5.41) is 6.11. The van der Waals surface area contributed by atoms with E-state index in [0.29, 0.717) is 0 Å². The lowest BCUT2D eigenvalue weighted by atomic mass is 9.95. The highest BCUT2D eigenvalue weighted by molar-refractivity contribution is 5.97. The summed E-state index contributed by atoms with van der Waals surface area (Å²) in [7, 11) is 0. The van der Waals surface area contributed by atoms with Crippen molar-refractivity contribution in [3.63, 3.8) is 0 Å². The molecule has 1 heterocycles. The predicted molar refractivity (Wildman–Crippen MR) is 107 cm³/mol. The maximum atomic E-state index is 3.55. The zero-order valence-corrected chi connectivity index (χ0v) is 13.7. The molecule has 2 aliphatic rings. The Kier molecular flexibility index (Phi) is 3.17. The first-order valence-corrected chi connectivity index (χ1v) is 8.55. The van der Waals surface area contributed by atoms with Crippen LogP contribution in [0.15, 0.2) is 102 Å². The minimum absolute atomic E-state index is 1.15. The molecule has 0 amide bonds. The maximum Gasteiger partial charge on any atom is 0.0458 e. The molecule has 1 aliphatic carbocycles. The fraction of sp³-hybridized carbons (Fsp3) is 0. The topological polar surface area (TPSA) is 12.0 Å². The van der Waals surface area contributed by atoms with Gasteiger partial charge >= 0.3 is 0 Å². The van der Waals surface area contributed by atoms with Crippen molar-refractivity contribution in [2.75, 3.05) is 5.32 Å². The standard InChI is InChI=1S/C24H17N/c1-2-8-18(7-1)23-15-13-20-16-19(12-14-24(20)25-23)22-11-5-9-17-6-3-4-10-21(17)22/h1-16,25H. The smallest absolute Gasteiger partial charge is 0.0458 e. The zero-order valence-electron chi connectivity index (χ0n) is 13.7. The molecule has 3 aromatic rings. The van der Waals surface area contributed by atoms with E-state index >= 15 is 0 Å². The summed E-state index contributed by atoms with van der Waals surface area (Å²) in [4.78, 5) is 0. The molecular weight excluding hydrogens is 302 g/mol. The fourth-order valence-corrected chi connectivity index (χ4v) is 3.54. The Morgan fingerprint density at radius 2 is 1.52 bits per heavy atom. The molecule has 0 unspecified atom stereocenters. The van der Waals surface area contributed by atoms with Crippen molar-refractivity contribution >= 4 is 22.5 Å². The van der Waals surface area contributed by atoms with Crippen molar-refractivity contribution in [3.8, 4) is 11.1 Å². The normalized spacial score (nSPS) is 14.9. The van der Waals surface area contributed by atoms with Crippen LogP contribution < -0.4 is 5.32 Å². The molecular formula is C24H17N. The van der Waals surface area contributed by atoms with Crippen LogP contribution >= 0.6 is 0 Å². The van der Waals surface area contributed by atoms with E-state index in [0.717, 1.165) is 11.4 Å². The minimum Gasteiger partial charge on any atom is -0.355 e. The number of allylic oxidation sites excluding steroid dienone is 6. The largest absolute Gasteiger partial charge is 0.355 e. The molecule has 1 N–H and O–H groups in total. The summed E-state index contributed by atoms with van der Waals surface area (Å²) in [5.74, 6) is 0. The molecule has 0 fully saturated rings. The van der Waals surface area contributed by atoms with Crippen LogP contribution in [-0.2, 0) is 0 Å². The number of fused-ring (bicyclic) bond motifs is 2. The number of hydrogen-bond acceptors (Lipinski definition) is 1. The van der Waals surface area contributed by atoms with Crippen molar-refractivity contribution in [1.29, 1.82) is 0 Å². The molecule has 1 heteroatoms. The minimum atomic E-state index is 1.15. The lowest BCUT2D eigenvalue weighted by molar-refractivity contribution is 1.40. The third kappa shape index (κ3) is 2.41. The first kappa shape index (κ1) is 14.1. The van der Waals surface area contributed by atoms with Crippen LogP contribution in [0, 0.1) is 0 Å². The molecule has 0 atom stereocenters. The molecule has 0 aromatic heterocycles. The van der Waals surface area contributed by atoms with E-state index in [2.05, 4.69) is 102 Å². The number of rotatable bonds is 1. The van der Waals surface area contributed by atoms with Gasteiger partial charge in [-0.3, -0.25) is 0 Å². The van der Waals surface area contributed by atoms with Crippen molar-refractivity contribution in [1.82, 2.24) is 0 Å². The molecule has 0 spiro atoms. The van der Waals surface area contributed by atoms with Gasteiger partial charge in [-0.2, -0.15) is 0 Å². The van der Waals surface area contributed by atoms with Crippen LogP contribution in [0.25, 0.3) is 28.0 Å². The summed E-state index contributed by atoms with van der Waals surface area (Å²) in [6.07, 6.45) is 12.7. The van der Waals surface area contributed by atoms with Crippen LogP contribution in [0.1, 0.15) is 5.56 Å². The van der Waals surface area contributed by atoms with E-state index in [9.17, 15) is 0 Å². The first-order valence-electron chi connectivity index (χ1n) is 8.55. The molecule has 1 nitrogen and oxygen atoms in total. The molecule has 118 valence electrons. The highest BCUT2D eigenvalue weighted by Crippen LogP contribution is 2.34. The van der Waals surface area contributed by atoms with Gasteiger partial charge in [0, 0.05) is 11.4 Å². The molecule has 0 saturated heterocycles. The van der Waals surface area contributed by atoms with Crippen LogP contribution in [0.3, 0.4) is 0 Å². The van der Waals surface area contributed by atoms with E-state index in [4.69, 9.17) is 0 Å². The zero-order chi connectivity index (χ0) is 16.6. The van der Waals surface area contributed by atoms with Crippen molar-refractivity contribution in [2.45, 2.75) is 0 Å². The van der Waals surface area contributed by atoms with Gasteiger partial charge in [0.1, 0.15) is 0 Å². The van der Waals surface area contributed by atoms with Crippen LogP contribution in [0.2, 0.25) is 0 Å². The second kappa shape index (κ2) is 5.64. The summed E-state index contributed by atoms with van der Waals surface area (Å²) in [6.45, 7) is 0. The highest BCUT2D eigenvalue weighted by Gasteiger charge is 2.12. The monoisotopic (exact) mass is 319 g/mol. The van der Waals surface area contributed by atoms with Crippen LogP contribution in [0.4, 0.5) is 5.69 Å². The molecule has 1 aliphatic heterocycles. The van der Waals surface area contributed by atoms with E-state index in [1.54, 1.807) is 0 Å². The Hall–Kier alpha value is -3.32. The van der Waals surface area contributed by atoms with Gasteiger partial charge in [0.2, 0.25) is 0 Å². The Morgan fingerprint density at radius 3 is 2.44 bits per heavy atom. The van der Waals surface area contributed by atoms with Gasteiger partial charge in [-0.25, -0.2) is 0 Å².